The van der Waals surface area contributed by atoms with Gasteiger partial charge in [0, 0.05) is 55.0 Å². The molecule has 1 aromatic carbocycles. The third-order valence-corrected chi connectivity index (χ3v) is 7.43. The number of nitrogens with zero attached hydrogens (tertiary/aromatic N) is 2. The molecule has 2 saturated heterocycles. The Labute approximate surface area is 169 Å². The number of thiophene rings is 1. The van der Waals surface area contributed by atoms with Gasteiger partial charge in [0.2, 0.25) is 5.91 Å². The van der Waals surface area contributed by atoms with Crippen LogP contribution in [0.4, 0.5) is 0 Å². The highest BCUT2D eigenvalue weighted by atomic mass is 35.5. The van der Waals surface area contributed by atoms with Crippen LogP contribution in [0.5, 0.6) is 0 Å². The number of halogens is 1. The standard InChI is InChI=1S/C22H25ClN2OS/c23-18-3-1-2-15(10-18)11-24-8-6-21-20(12-24)19(17-7-9-27-14-17)13-25(21)22(26)16-4-5-16/h1-3,7,9-10,14,16,19-21H,4-6,8,11-13H2/t19-,20-,21-/m0/s1. The Kier molecular flexibility index (Phi) is 4.75. The minimum absolute atomic E-state index is 0.316. The highest BCUT2D eigenvalue weighted by molar-refractivity contribution is 7.08. The molecule has 2 aliphatic heterocycles. The summed E-state index contributed by atoms with van der Waals surface area (Å²) in [6.07, 6.45) is 3.28. The van der Waals surface area contributed by atoms with Gasteiger partial charge >= 0.3 is 0 Å². The summed E-state index contributed by atoms with van der Waals surface area (Å²) in [7, 11) is 0. The molecule has 142 valence electrons. The zero-order valence-corrected chi connectivity index (χ0v) is 17.0. The number of carbonyl (C=O) groups excluding carboxylic acids is 1. The largest absolute Gasteiger partial charge is 0.338 e. The van der Waals surface area contributed by atoms with Crippen LogP contribution in [-0.2, 0) is 11.3 Å². The molecule has 1 aromatic heterocycles. The lowest BCUT2D eigenvalue weighted by Gasteiger charge is -2.39. The molecule has 0 unspecified atom stereocenters. The fourth-order valence-corrected chi connectivity index (χ4v) is 5.94. The van der Waals surface area contributed by atoms with E-state index in [1.165, 1.54) is 11.1 Å². The number of fused-ring (bicyclic) bond motifs is 1. The van der Waals surface area contributed by atoms with Crippen molar-refractivity contribution in [2.45, 2.75) is 37.8 Å². The van der Waals surface area contributed by atoms with Crippen LogP contribution in [0.1, 0.15) is 36.3 Å². The summed E-state index contributed by atoms with van der Waals surface area (Å²) in [5.74, 6) is 1.75. The summed E-state index contributed by atoms with van der Waals surface area (Å²) in [4.78, 5) is 17.7. The molecule has 5 heteroatoms. The van der Waals surface area contributed by atoms with Crippen molar-refractivity contribution in [2.75, 3.05) is 19.6 Å². The third kappa shape index (κ3) is 3.55. The molecule has 2 aromatic rings. The Morgan fingerprint density at radius 3 is 2.81 bits per heavy atom. The maximum absolute atomic E-state index is 12.9. The van der Waals surface area contributed by atoms with Gasteiger partial charge in [-0.1, -0.05) is 23.7 Å². The lowest BCUT2D eigenvalue weighted by molar-refractivity contribution is -0.134. The Morgan fingerprint density at radius 2 is 2.07 bits per heavy atom. The minimum atomic E-state index is 0.316. The van der Waals surface area contributed by atoms with E-state index in [0.717, 1.165) is 50.5 Å². The Bertz CT molecular complexity index is 819. The second kappa shape index (κ2) is 7.23. The van der Waals surface area contributed by atoms with Gasteiger partial charge in [-0.2, -0.15) is 11.3 Å². The Morgan fingerprint density at radius 1 is 1.19 bits per heavy atom. The van der Waals surface area contributed by atoms with Crippen LogP contribution < -0.4 is 0 Å². The number of hydrogen-bond acceptors (Lipinski definition) is 3. The lowest BCUT2D eigenvalue weighted by Crippen LogP contribution is -2.48. The van der Waals surface area contributed by atoms with Crippen molar-refractivity contribution in [2.24, 2.45) is 11.8 Å². The highest BCUT2D eigenvalue weighted by Crippen LogP contribution is 2.44. The van der Waals surface area contributed by atoms with E-state index in [0.29, 0.717) is 29.7 Å². The molecule has 0 bridgehead atoms. The van der Waals surface area contributed by atoms with Gasteiger partial charge in [-0.15, -0.1) is 0 Å². The van der Waals surface area contributed by atoms with Crippen LogP contribution in [0.3, 0.4) is 0 Å². The zero-order chi connectivity index (χ0) is 18.4. The van der Waals surface area contributed by atoms with Gasteiger partial charge in [-0.05, 0) is 59.3 Å². The molecule has 3 heterocycles. The van der Waals surface area contributed by atoms with Crippen LogP contribution in [-0.4, -0.2) is 41.4 Å². The maximum atomic E-state index is 12.9. The number of piperidine rings is 1. The molecule has 0 N–H and O–H groups in total. The monoisotopic (exact) mass is 400 g/mol. The topological polar surface area (TPSA) is 23.6 Å². The average molecular weight is 401 g/mol. The van der Waals surface area contributed by atoms with Crippen molar-refractivity contribution in [3.05, 3.63) is 57.2 Å². The van der Waals surface area contributed by atoms with Gasteiger partial charge in [0.25, 0.3) is 0 Å². The third-order valence-electron chi connectivity index (χ3n) is 6.49. The van der Waals surface area contributed by atoms with Crippen molar-refractivity contribution in [1.29, 1.82) is 0 Å². The molecule has 0 radical (unpaired) electrons. The van der Waals surface area contributed by atoms with Crippen molar-refractivity contribution in [1.82, 2.24) is 9.80 Å². The molecule has 3 aliphatic rings. The molecule has 1 aliphatic carbocycles. The molecule has 27 heavy (non-hydrogen) atoms. The number of likely N-dealkylation sites (tertiary alicyclic amines) is 2. The lowest BCUT2D eigenvalue weighted by atomic mass is 9.82. The summed E-state index contributed by atoms with van der Waals surface area (Å²) < 4.78 is 0. The van der Waals surface area contributed by atoms with Gasteiger partial charge in [0.05, 0.1) is 0 Å². The molecule has 3 nitrogen and oxygen atoms in total. The van der Waals surface area contributed by atoms with Gasteiger partial charge in [0.1, 0.15) is 0 Å². The van der Waals surface area contributed by atoms with Crippen LogP contribution in [0.15, 0.2) is 41.1 Å². The summed E-state index contributed by atoms with van der Waals surface area (Å²) >= 11 is 7.94. The smallest absolute Gasteiger partial charge is 0.225 e. The average Bonchev–Trinajstić information content (AvgIpc) is 3.24. The molecular weight excluding hydrogens is 376 g/mol. The second-order valence-electron chi connectivity index (χ2n) is 8.31. The van der Waals surface area contributed by atoms with Gasteiger partial charge in [-0.25, -0.2) is 0 Å². The van der Waals surface area contributed by atoms with Crippen molar-refractivity contribution in [3.63, 3.8) is 0 Å². The predicted molar refractivity (Wildman–Crippen MR) is 110 cm³/mol. The molecule has 1 amide bonds. The predicted octanol–water partition coefficient (Wildman–Crippen LogP) is 4.63. The SMILES string of the molecule is O=C(C1CC1)N1C[C@@H](c2ccsc2)[C@@H]2CN(Cc3cccc(Cl)c3)CC[C@@H]21. The Balaban J connectivity index is 1.36. The van der Waals surface area contributed by atoms with E-state index in [-0.39, 0.29) is 0 Å². The van der Waals surface area contributed by atoms with E-state index in [1.54, 1.807) is 11.3 Å². The molecule has 5 rings (SSSR count). The number of rotatable bonds is 4. The van der Waals surface area contributed by atoms with Crippen molar-refractivity contribution >= 4 is 28.8 Å². The first-order valence-electron chi connectivity index (χ1n) is 9.98. The number of carbonyl (C=O) groups is 1. The first kappa shape index (κ1) is 17.7. The summed E-state index contributed by atoms with van der Waals surface area (Å²) in [5, 5.41) is 5.26. The summed E-state index contributed by atoms with van der Waals surface area (Å²) in [6, 6.07) is 10.9. The fourth-order valence-electron chi connectivity index (χ4n) is 5.00. The highest BCUT2D eigenvalue weighted by Gasteiger charge is 2.49. The quantitative estimate of drug-likeness (QED) is 0.747. The first-order valence-corrected chi connectivity index (χ1v) is 11.3. The van der Waals surface area contributed by atoms with Gasteiger partial charge < -0.3 is 4.90 Å². The van der Waals surface area contributed by atoms with Gasteiger partial charge in [-0.3, -0.25) is 9.69 Å². The number of benzene rings is 1. The number of amides is 1. The van der Waals surface area contributed by atoms with E-state index < -0.39 is 0 Å². The van der Waals surface area contributed by atoms with Crippen LogP contribution in [0.25, 0.3) is 0 Å². The zero-order valence-electron chi connectivity index (χ0n) is 15.4. The van der Waals surface area contributed by atoms with Crippen molar-refractivity contribution < 1.29 is 4.79 Å². The molecule has 3 fully saturated rings. The van der Waals surface area contributed by atoms with E-state index in [2.05, 4.69) is 38.8 Å². The fraction of sp³-hybridized carbons (Fsp3) is 0.500. The first-order chi connectivity index (χ1) is 13.2. The van der Waals surface area contributed by atoms with Gasteiger partial charge in [0.15, 0.2) is 0 Å². The normalized spacial score (nSPS) is 28.3. The number of hydrogen-bond donors (Lipinski definition) is 0. The summed E-state index contributed by atoms with van der Waals surface area (Å²) in [6.45, 7) is 3.97. The molecule has 0 spiro atoms. The molecular formula is C22H25ClN2OS. The van der Waals surface area contributed by atoms with Crippen LogP contribution in [0.2, 0.25) is 5.02 Å². The van der Waals surface area contributed by atoms with E-state index in [9.17, 15) is 4.79 Å². The van der Waals surface area contributed by atoms with Crippen molar-refractivity contribution in [3.8, 4) is 0 Å². The van der Waals surface area contributed by atoms with E-state index >= 15 is 0 Å². The molecule has 3 atom stereocenters. The van der Waals surface area contributed by atoms with E-state index in [4.69, 9.17) is 11.6 Å². The molecule has 1 saturated carbocycles. The maximum Gasteiger partial charge on any atom is 0.225 e. The van der Waals surface area contributed by atoms with Crippen LogP contribution in [0, 0.1) is 11.8 Å². The minimum Gasteiger partial charge on any atom is -0.338 e. The van der Waals surface area contributed by atoms with E-state index in [1.807, 2.05) is 12.1 Å². The summed E-state index contributed by atoms with van der Waals surface area (Å²) in [5.41, 5.74) is 2.70. The Hall–Kier alpha value is -1.36. The van der Waals surface area contributed by atoms with Crippen LogP contribution >= 0.6 is 22.9 Å². The second-order valence-corrected chi connectivity index (χ2v) is 9.53.